The summed E-state index contributed by atoms with van der Waals surface area (Å²) in [5.41, 5.74) is 2.09. The lowest BCUT2D eigenvalue weighted by atomic mass is 9.76. The summed E-state index contributed by atoms with van der Waals surface area (Å²) in [6.07, 6.45) is 1.66. The van der Waals surface area contributed by atoms with Crippen molar-refractivity contribution in [3.63, 3.8) is 0 Å². The van der Waals surface area contributed by atoms with Gasteiger partial charge in [-0.15, -0.1) is 0 Å². The van der Waals surface area contributed by atoms with Crippen molar-refractivity contribution >= 4 is 17.4 Å². The molecule has 1 amide bonds. The topological polar surface area (TPSA) is 55.8 Å². The molecule has 0 fully saturated rings. The molecule has 4 rings (SSSR count). The second-order valence-electron chi connectivity index (χ2n) is 7.16. The van der Waals surface area contributed by atoms with Gasteiger partial charge in [-0.05, 0) is 31.0 Å². The molecule has 1 aliphatic carbocycles. The summed E-state index contributed by atoms with van der Waals surface area (Å²) in [7, 11) is 3.08. The smallest absolute Gasteiger partial charge is 0.232 e. The number of para-hydroxylation sites is 2. The van der Waals surface area contributed by atoms with Crippen LogP contribution in [0, 0.1) is 5.82 Å². The Kier molecular flexibility index (Phi) is 5.09. The maximum Gasteiger partial charge on any atom is 0.232 e. The van der Waals surface area contributed by atoms with Crippen molar-refractivity contribution < 1.29 is 23.5 Å². The van der Waals surface area contributed by atoms with Crippen molar-refractivity contribution in [3.05, 3.63) is 65.1 Å². The van der Waals surface area contributed by atoms with Crippen molar-refractivity contribution in [1.29, 1.82) is 0 Å². The Hall–Kier alpha value is -3.15. The van der Waals surface area contributed by atoms with Gasteiger partial charge < -0.3 is 9.47 Å². The molecule has 150 valence electrons. The van der Waals surface area contributed by atoms with Crippen LogP contribution in [0.5, 0.6) is 11.5 Å². The quantitative estimate of drug-likeness (QED) is 0.771. The third kappa shape index (κ3) is 3.18. The fourth-order valence-electron chi connectivity index (χ4n) is 4.36. The molecule has 1 aliphatic heterocycles. The maximum atomic E-state index is 14.5. The maximum absolute atomic E-state index is 14.5. The van der Waals surface area contributed by atoms with Crippen LogP contribution in [0.15, 0.2) is 53.7 Å². The molecule has 0 spiro atoms. The molecule has 2 aromatic carbocycles. The van der Waals surface area contributed by atoms with E-state index >= 15 is 0 Å². The van der Waals surface area contributed by atoms with E-state index in [4.69, 9.17) is 9.47 Å². The van der Waals surface area contributed by atoms with Crippen LogP contribution in [0.4, 0.5) is 10.1 Å². The van der Waals surface area contributed by atoms with Crippen LogP contribution in [0.25, 0.3) is 0 Å². The van der Waals surface area contributed by atoms with Gasteiger partial charge in [0.15, 0.2) is 17.3 Å². The van der Waals surface area contributed by atoms with Crippen LogP contribution in [0.2, 0.25) is 0 Å². The van der Waals surface area contributed by atoms with Gasteiger partial charge in [0.05, 0.1) is 19.9 Å². The Balaban J connectivity index is 1.91. The number of amides is 1. The van der Waals surface area contributed by atoms with Gasteiger partial charge in [-0.3, -0.25) is 14.5 Å². The van der Waals surface area contributed by atoms with Crippen molar-refractivity contribution in [2.45, 2.75) is 31.6 Å². The predicted octanol–water partition coefficient (Wildman–Crippen LogP) is 4.37. The SMILES string of the molecule is COc1cccc([C@@H]2CC(=O)N(c3ccccc3F)C3=C2C(=O)CCC3)c1OC. The van der Waals surface area contributed by atoms with E-state index in [0.717, 1.165) is 5.56 Å². The third-order valence-corrected chi connectivity index (χ3v) is 5.58. The number of Topliss-reactive ketones (excluding diaryl/α,β-unsaturated/α-hetero) is 1. The van der Waals surface area contributed by atoms with E-state index in [-0.39, 0.29) is 23.8 Å². The van der Waals surface area contributed by atoms with E-state index < -0.39 is 11.7 Å². The number of halogens is 1. The number of benzene rings is 2. The van der Waals surface area contributed by atoms with Gasteiger partial charge in [0.25, 0.3) is 0 Å². The molecular formula is C23H22FNO4. The number of methoxy groups -OCH3 is 2. The van der Waals surface area contributed by atoms with E-state index in [1.54, 1.807) is 31.4 Å². The average molecular weight is 395 g/mol. The second kappa shape index (κ2) is 7.70. The molecule has 0 saturated carbocycles. The highest BCUT2D eigenvalue weighted by Crippen LogP contribution is 2.47. The van der Waals surface area contributed by atoms with Crippen molar-refractivity contribution in [2.24, 2.45) is 0 Å². The molecule has 0 bridgehead atoms. The fourth-order valence-corrected chi connectivity index (χ4v) is 4.36. The van der Waals surface area contributed by atoms with Gasteiger partial charge >= 0.3 is 0 Å². The lowest BCUT2D eigenvalue weighted by molar-refractivity contribution is -0.120. The highest BCUT2D eigenvalue weighted by atomic mass is 19.1. The van der Waals surface area contributed by atoms with Gasteiger partial charge in [0.1, 0.15) is 5.82 Å². The van der Waals surface area contributed by atoms with Crippen molar-refractivity contribution in [1.82, 2.24) is 0 Å². The molecule has 5 nitrogen and oxygen atoms in total. The number of anilines is 1. The lowest BCUT2D eigenvalue weighted by Gasteiger charge is -2.38. The molecule has 0 radical (unpaired) electrons. The number of rotatable bonds is 4. The molecule has 2 aromatic rings. The summed E-state index contributed by atoms with van der Waals surface area (Å²) in [4.78, 5) is 27.6. The summed E-state index contributed by atoms with van der Waals surface area (Å²) in [5.74, 6) is -0.119. The number of carbonyl (C=O) groups excluding carboxylic acids is 2. The normalized spacial score (nSPS) is 19.3. The summed E-state index contributed by atoms with van der Waals surface area (Å²) in [6, 6.07) is 11.6. The molecule has 1 heterocycles. The van der Waals surface area contributed by atoms with Gasteiger partial charge in [-0.1, -0.05) is 24.3 Å². The zero-order valence-electron chi connectivity index (χ0n) is 16.4. The van der Waals surface area contributed by atoms with Gasteiger partial charge in [0.2, 0.25) is 5.91 Å². The van der Waals surface area contributed by atoms with Crippen LogP contribution in [-0.4, -0.2) is 25.9 Å². The van der Waals surface area contributed by atoms with Crippen molar-refractivity contribution in [3.8, 4) is 11.5 Å². The number of allylic oxidation sites excluding steroid dienone is 2. The number of hydrogen-bond acceptors (Lipinski definition) is 4. The monoisotopic (exact) mass is 395 g/mol. The highest BCUT2D eigenvalue weighted by molar-refractivity contribution is 6.07. The second-order valence-corrected chi connectivity index (χ2v) is 7.16. The minimum atomic E-state index is -0.483. The molecule has 0 N–H and O–H groups in total. The van der Waals surface area contributed by atoms with Crippen LogP contribution < -0.4 is 14.4 Å². The number of hydrogen-bond donors (Lipinski definition) is 0. The molecule has 0 unspecified atom stereocenters. The highest BCUT2D eigenvalue weighted by Gasteiger charge is 2.41. The zero-order valence-corrected chi connectivity index (χ0v) is 16.4. The molecule has 1 atom stereocenters. The van der Waals surface area contributed by atoms with Gasteiger partial charge in [-0.2, -0.15) is 0 Å². The Labute approximate surface area is 168 Å². The number of ketones is 1. The first-order valence-electron chi connectivity index (χ1n) is 9.61. The standard InChI is InChI=1S/C23H22FNO4/c1-28-20-12-5-7-14(23(20)29-2)15-13-21(27)25(17-9-4-3-8-16(17)24)18-10-6-11-19(26)22(15)18/h3-5,7-9,12,15H,6,10-11,13H2,1-2H3/t15-/m0/s1. The summed E-state index contributed by atoms with van der Waals surface area (Å²) >= 11 is 0. The van der Waals surface area contributed by atoms with E-state index in [1.165, 1.54) is 18.1 Å². The van der Waals surface area contributed by atoms with Crippen LogP contribution in [-0.2, 0) is 9.59 Å². The number of nitrogens with zero attached hydrogens (tertiary/aromatic N) is 1. The first-order valence-corrected chi connectivity index (χ1v) is 9.61. The Morgan fingerprint density at radius 2 is 1.79 bits per heavy atom. The van der Waals surface area contributed by atoms with E-state index in [1.807, 2.05) is 12.1 Å². The molecular weight excluding hydrogens is 373 g/mol. The Morgan fingerprint density at radius 1 is 1.00 bits per heavy atom. The first kappa shape index (κ1) is 19.2. The number of ether oxygens (including phenoxy) is 2. The minimum Gasteiger partial charge on any atom is -0.493 e. The van der Waals surface area contributed by atoms with E-state index in [2.05, 4.69) is 0 Å². The fraction of sp³-hybridized carbons (Fsp3) is 0.304. The summed E-state index contributed by atoms with van der Waals surface area (Å²) in [5, 5.41) is 0. The van der Waals surface area contributed by atoms with E-state index in [0.29, 0.717) is 42.0 Å². The minimum absolute atomic E-state index is 0.00466. The largest absolute Gasteiger partial charge is 0.493 e. The average Bonchev–Trinajstić information content (AvgIpc) is 2.73. The summed E-state index contributed by atoms with van der Waals surface area (Å²) in [6.45, 7) is 0. The zero-order chi connectivity index (χ0) is 20.5. The summed E-state index contributed by atoms with van der Waals surface area (Å²) < 4.78 is 25.5. The molecule has 0 aromatic heterocycles. The Bertz CT molecular complexity index is 1010. The third-order valence-electron chi connectivity index (χ3n) is 5.58. The van der Waals surface area contributed by atoms with Crippen LogP contribution >= 0.6 is 0 Å². The van der Waals surface area contributed by atoms with E-state index in [9.17, 15) is 14.0 Å². The van der Waals surface area contributed by atoms with Crippen molar-refractivity contribution in [2.75, 3.05) is 19.1 Å². The van der Waals surface area contributed by atoms with Crippen LogP contribution in [0.3, 0.4) is 0 Å². The predicted molar refractivity (Wildman–Crippen MR) is 107 cm³/mol. The molecule has 6 heteroatoms. The Morgan fingerprint density at radius 3 is 2.52 bits per heavy atom. The molecule has 29 heavy (non-hydrogen) atoms. The first-order chi connectivity index (χ1) is 14.1. The molecule has 0 saturated heterocycles. The van der Waals surface area contributed by atoms with Crippen LogP contribution in [0.1, 0.15) is 37.2 Å². The number of carbonyl (C=O) groups is 2. The molecule has 2 aliphatic rings. The van der Waals surface area contributed by atoms with Gasteiger partial charge in [-0.25, -0.2) is 4.39 Å². The van der Waals surface area contributed by atoms with Gasteiger partial charge in [0, 0.05) is 35.6 Å². The lowest BCUT2D eigenvalue weighted by Crippen LogP contribution is -2.41.